The molecule has 0 spiro atoms. The number of benzene rings is 1. The van der Waals surface area contributed by atoms with Crippen LogP contribution in [0, 0.1) is 4.91 Å². The van der Waals surface area contributed by atoms with Crippen LogP contribution in [0.3, 0.4) is 0 Å². The summed E-state index contributed by atoms with van der Waals surface area (Å²) in [4.78, 5) is 9.99. The third kappa shape index (κ3) is 3.83. The van der Waals surface area contributed by atoms with Gasteiger partial charge in [-0.05, 0) is 17.5 Å². The minimum Gasteiger partial charge on any atom is -0.150 e. The van der Waals surface area contributed by atoms with Crippen LogP contribution < -0.4 is 0 Å². The van der Waals surface area contributed by atoms with E-state index in [1.807, 2.05) is 38.1 Å². The molecule has 0 radical (unpaired) electrons. The lowest BCUT2D eigenvalue weighted by molar-refractivity contribution is 0.995. The standard InChI is InChI=1S/C9H11NO.C2H6/c1-2-8-5-3-4-6-9(8)7-10-11;1-2/h3-6H,2,7H2,1H3;1-2H3. The number of hydrogen-bond acceptors (Lipinski definition) is 2. The highest BCUT2D eigenvalue weighted by atomic mass is 16.3. The van der Waals surface area contributed by atoms with Crippen molar-refractivity contribution in [2.24, 2.45) is 5.18 Å². The van der Waals surface area contributed by atoms with Crippen LogP contribution in [0.4, 0.5) is 0 Å². The first kappa shape index (κ1) is 11.8. The van der Waals surface area contributed by atoms with Crippen LogP contribution in [0.1, 0.15) is 31.9 Å². The lowest BCUT2D eigenvalue weighted by Gasteiger charge is -2.01. The molecule has 72 valence electrons. The summed E-state index contributed by atoms with van der Waals surface area (Å²) in [6, 6.07) is 7.88. The van der Waals surface area contributed by atoms with Crippen molar-refractivity contribution < 1.29 is 0 Å². The number of nitrogens with zero attached hydrogens (tertiary/aromatic N) is 1. The van der Waals surface area contributed by atoms with Gasteiger partial charge in [0.15, 0.2) is 0 Å². The fraction of sp³-hybridized carbons (Fsp3) is 0.455. The minimum absolute atomic E-state index is 0.296. The monoisotopic (exact) mass is 179 g/mol. The van der Waals surface area contributed by atoms with Gasteiger partial charge in [0.05, 0.1) is 0 Å². The van der Waals surface area contributed by atoms with Crippen molar-refractivity contribution in [1.82, 2.24) is 0 Å². The molecule has 0 saturated heterocycles. The third-order valence-corrected chi connectivity index (χ3v) is 1.73. The van der Waals surface area contributed by atoms with Gasteiger partial charge in [0.25, 0.3) is 0 Å². The number of nitroso groups, excluding NO2 is 1. The molecule has 0 fully saturated rings. The lowest BCUT2D eigenvalue weighted by atomic mass is 10.1. The van der Waals surface area contributed by atoms with Gasteiger partial charge in [-0.2, -0.15) is 4.91 Å². The Morgan fingerprint density at radius 3 is 2.15 bits per heavy atom. The van der Waals surface area contributed by atoms with E-state index < -0.39 is 0 Å². The summed E-state index contributed by atoms with van der Waals surface area (Å²) < 4.78 is 0. The molecule has 0 atom stereocenters. The maximum atomic E-state index is 9.99. The quantitative estimate of drug-likeness (QED) is 0.652. The molecule has 0 aromatic heterocycles. The molecule has 0 aliphatic rings. The topological polar surface area (TPSA) is 29.4 Å². The van der Waals surface area contributed by atoms with Crippen molar-refractivity contribution in [1.29, 1.82) is 0 Å². The van der Waals surface area contributed by atoms with Crippen LogP contribution in [0.25, 0.3) is 0 Å². The minimum atomic E-state index is 0.296. The Bertz CT molecular complexity index is 246. The van der Waals surface area contributed by atoms with Crippen molar-refractivity contribution in [3.05, 3.63) is 40.3 Å². The van der Waals surface area contributed by atoms with Gasteiger partial charge in [0.2, 0.25) is 0 Å². The molecule has 13 heavy (non-hydrogen) atoms. The molecule has 0 amide bonds. The highest BCUT2D eigenvalue weighted by molar-refractivity contribution is 5.26. The summed E-state index contributed by atoms with van der Waals surface area (Å²) in [5.74, 6) is 0. The van der Waals surface area contributed by atoms with Crippen molar-refractivity contribution >= 4 is 0 Å². The molecule has 0 heterocycles. The first-order valence-electron chi connectivity index (χ1n) is 4.74. The molecular formula is C11H17NO. The molecule has 0 aliphatic heterocycles. The Labute approximate surface area is 80.0 Å². The zero-order valence-electron chi connectivity index (χ0n) is 8.58. The Hall–Kier alpha value is -1.18. The number of hydrogen-bond donors (Lipinski definition) is 0. The molecule has 2 heteroatoms. The summed E-state index contributed by atoms with van der Waals surface area (Å²) in [5, 5.41) is 2.86. The van der Waals surface area contributed by atoms with E-state index in [-0.39, 0.29) is 0 Å². The molecular weight excluding hydrogens is 162 g/mol. The van der Waals surface area contributed by atoms with Gasteiger partial charge in [-0.15, -0.1) is 0 Å². The second-order valence-electron chi connectivity index (χ2n) is 2.41. The molecule has 0 bridgehead atoms. The third-order valence-electron chi connectivity index (χ3n) is 1.73. The van der Waals surface area contributed by atoms with Crippen LogP contribution in [-0.4, -0.2) is 0 Å². The van der Waals surface area contributed by atoms with Crippen molar-refractivity contribution in [2.75, 3.05) is 0 Å². The van der Waals surface area contributed by atoms with E-state index in [0.717, 1.165) is 12.0 Å². The smallest absolute Gasteiger partial charge is 0.106 e. The van der Waals surface area contributed by atoms with Crippen molar-refractivity contribution in [3.63, 3.8) is 0 Å². The van der Waals surface area contributed by atoms with Gasteiger partial charge in [-0.25, -0.2) is 0 Å². The largest absolute Gasteiger partial charge is 0.150 e. The predicted molar refractivity (Wildman–Crippen MR) is 56.7 cm³/mol. The van der Waals surface area contributed by atoms with Gasteiger partial charge in [0.1, 0.15) is 6.54 Å². The highest BCUT2D eigenvalue weighted by Gasteiger charge is 1.97. The van der Waals surface area contributed by atoms with Crippen molar-refractivity contribution in [3.8, 4) is 0 Å². The van der Waals surface area contributed by atoms with Gasteiger partial charge in [0, 0.05) is 0 Å². The van der Waals surface area contributed by atoms with E-state index in [9.17, 15) is 4.91 Å². The second kappa shape index (κ2) is 7.47. The molecule has 2 nitrogen and oxygen atoms in total. The Morgan fingerprint density at radius 2 is 1.69 bits per heavy atom. The lowest BCUT2D eigenvalue weighted by Crippen LogP contribution is -1.89. The molecule has 0 N–H and O–H groups in total. The second-order valence-corrected chi connectivity index (χ2v) is 2.41. The van der Waals surface area contributed by atoms with E-state index in [0.29, 0.717) is 6.54 Å². The molecule has 0 unspecified atom stereocenters. The van der Waals surface area contributed by atoms with Crippen LogP contribution in [0.15, 0.2) is 29.4 Å². The maximum absolute atomic E-state index is 9.99. The summed E-state index contributed by atoms with van der Waals surface area (Å²) in [6.45, 7) is 6.37. The summed E-state index contributed by atoms with van der Waals surface area (Å²) >= 11 is 0. The summed E-state index contributed by atoms with van der Waals surface area (Å²) in [5.41, 5.74) is 2.26. The normalized spacial score (nSPS) is 8.54. The van der Waals surface area contributed by atoms with E-state index in [2.05, 4.69) is 12.1 Å². The van der Waals surface area contributed by atoms with Crippen LogP contribution in [-0.2, 0) is 13.0 Å². The molecule has 1 aromatic carbocycles. The zero-order chi connectivity index (χ0) is 10.1. The summed E-state index contributed by atoms with van der Waals surface area (Å²) in [7, 11) is 0. The molecule has 0 aliphatic carbocycles. The fourth-order valence-corrected chi connectivity index (χ4v) is 1.13. The Balaban J connectivity index is 0.000000671. The number of rotatable bonds is 3. The fourth-order valence-electron chi connectivity index (χ4n) is 1.13. The Kier molecular flexibility index (Phi) is 6.79. The maximum Gasteiger partial charge on any atom is 0.106 e. The van der Waals surface area contributed by atoms with Crippen LogP contribution in [0.2, 0.25) is 0 Å². The van der Waals surface area contributed by atoms with Gasteiger partial charge in [-0.3, -0.25) is 0 Å². The highest BCUT2D eigenvalue weighted by Crippen LogP contribution is 2.09. The van der Waals surface area contributed by atoms with Crippen molar-refractivity contribution in [2.45, 2.75) is 33.7 Å². The molecule has 1 aromatic rings. The van der Waals surface area contributed by atoms with Gasteiger partial charge >= 0.3 is 0 Å². The average Bonchev–Trinajstić information content (AvgIpc) is 2.22. The predicted octanol–water partition coefficient (Wildman–Crippen LogP) is 3.54. The SMILES string of the molecule is CC.CCc1ccccc1CN=O. The Morgan fingerprint density at radius 1 is 1.15 bits per heavy atom. The van der Waals surface area contributed by atoms with E-state index in [1.54, 1.807) is 0 Å². The molecule has 1 rings (SSSR count). The zero-order valence-corrected chi connectivity index (χ0v) is 8.58. The molecule has 0 saturated carbocycles. The van der Waals surface area contributed by atoms with E-state index in [4.69, 9.17) is 0 Å². The summed E-state index contributed by atoms with van der Waals surface area (Å²) in [6.07, 6.45) is 0.964. The van der Waals surface area contributed by atoms with Crippen LogP contribution in [0.5, 0.6) is 0 Å². The first-order valence-corrected chi connectivity index (χ1v) is 4.74. The average molecular weight is 179 g/mol. The van der Waals surface area contributed by atoms with Gasteiger partial charge in [-0.1, -0.05) is 50.2 Å². The van der Waals surface area contributed by atoms with Crippen LogP contribution >= 0.6 is 0 Å². The number of aryl methyl sites for hydroxylation is 1. The van der Waals surface area contributed by atoms with E-state index >= 15 is 0 Å². The van der Waals surface area contributed by atoms with Gasteiger partial charge < -0.3 is 0 Å². The van der Waals surface area contributed by atoms with E-state index in [1.165, 1.54) is 5.56 Å². The first-order chi connectivity index (χ1) is 6.38.